The van der Waals surface area contributed by atoms with Gasteiger partial charge in [-0.2, -0.15) is 0 Å². The molecule has 0 bridgehead atoms. The second-order valence-corrected chi connectivity index (χ2v) is 1.34. The van der Waals surface area contributed by atoms with Crippen LogP contribution in [0.25, 0.3) is 0 Å². The van der Waals surface area contributed by atoms with Crippen molar-refractivity contribution in [3.8, 4) is 0 Å². The van der Waals surface area contributed by atoms with Gasteiger partial charge in [-0.05, 0) is 0 Å². The zero-order valence-electron chi connectivity index (χ0n) is 4.42. The van der Waals surface area contributed by atoms with Gasteiger partial charge in [0.05, 0.1) is 12.7 Å². The molecule has 0 radical (unpaired) electrons. The molecule has 3 heteroatoms. The maximum absolute atomic E-state index is 8.61. The quantitative estimate of drug-likeness (QED) is 0.481. The molecule has 0 saturated heterocycles. The third kappa shape index (κ3) is 3.72. The fraction of sp³-hybridized carbons (Fsp3) is 1.00. The number of aliphatic hydroxyl groups excluding tert-OH is 1. The lowest BCUT2D eigenvalue weighted by Crippen LogP contribution is -2.24. The molecule has 0 fully saturated rings. The van der Waals surface area contributed by atoms with Crippen LogP contribution in [-0.4, -0.2) is 31.5 Å². The molecule has 0 unspecified atom stereocenters. The average molecular weight is 105 g/mol. The third-order valence-electron chi connectivity index (χ3n) is 0.631. The summed E-state index contributed by atoms with van der Waals surface area (Å²) in [7, 11) is 1.53. The molecule has 0 aliphatic carbocycles. The number of ether oxygens (including phenoxy) is 1. The second-order valence-electron chi connectivity index (χ2n) is 1.34. The fourth-order valence-electron chi connectivity index (χ4n) is 0.260. The van der Waals surface area contributed by atoms with E-state index in [0.717, 1.165) is 0 Å². The standard InChI is InChI=1S/C4H11NO2/c1-7-3-4(6)2-5/h4,6H,2-3,5H2,1H3/t4-/m0/s1. The van der Waals surface area contributed by atoms with Gasteiger partial charge in [0.15, 0.2) is 0 Å². The van der Waals surface area contributed by atoms with E-state index in [1.165, 1.54) is 7.11 Å². The summed E-state index contributed by atoms with van der Waals surface area (Å²) in [6.45, 7) is 0.602. The summed E-state index contributed by atoms with van der Waals surface area (Å²) in [6.07, 6.45) is -0.495. The van der Waals surface area contributed by atoms with Crippen LogP contribution in [0, 0.1) is 0 Å². The fourth-order valence-corrected chi connectivity index (χ4v) is 0.260. The Morgan fingerprint density at radius 3 is 2.57 bits per heavy atom. The van der Waals surface area contributed by atoms with Gasteiger partial charge in [0.1, 0.15) is 0 Å². The number of methoxy groups -OCH3 is 1. The van der Waals surface area contributed by atoms with E-state index in [4.69, 9.17) is 10.8 Å². The zero-order chi connectivity index (χ0) is 5.70. The molecule has 0 amide bonds. The van der Waals surface area contributed by atoms with Gasteiger partial charge in [0.25, 0.3) is 0 Å². The van der Waals surface area contributed by atoms with Crippen molar-refractivity contribution in [2.24, 2.45) is 5.73 Å². The topological polar surface area (TPSA) is 55.5 Å². The van der Waals surface area contributed by atoms with E-state index >= 15 is 0 Å². The normalized spacial score (nSPS) is 14.1. The van der Waals surface area contributed by atoms with E-state index in [1.807, 2.05) is 0 Å². The van der Waals surface area contributed by atoms with Crippen LogP contribution in [-0.2, 0) is 4.74 Å². The monoisotopic (exact) mass is 105 g/mol. The van der Waals surface area contributed by atoms with Crippen molar-refractivity contribution in [1.29, 1.82) is 0 Å². The van der Waals surface area contributed by atoms with Crippen molar-refractivity contribution >= 4 is 0 Å². The summed E-state index contributed by atoms with van der Waals surface area (Å²) in [5, 5.41) is 8.61. The number of nitrogens with two attached hydrogens (primary N) is 1. The Morgan fingerprint density at radius 1 is 1.86 bits per heavy atom. The van der Waals surface area contributed by atoms with E-state index < -0.39 is 6.10 Å². The smallest absolute Gasteiger partial charge is 0.0895 e. The molecule has 1 atom stereocenters. The molecule has 0 heterocycles. The van der Waals surface area contributed by atoms with Crippen molar-refractivity contribution in [1.82, 2.24) is 0 Å². The highest BCUT2D eigenvalue weighted by molar-refractivity contribution is 4.50. The van der Waals surface area contributed by atoms with Crippen molar-refractivity contribution in [3.05, 3.63) is 0 Å². The van der Waals surface area contributed by atoms with Gasteiger partial charge in [-0.1, -0.05) is 0 Å². The van der Waals surface area contributed by atoms with Crippen molar-refractivity contribution < 1.29 is 9.84 Å². The Kier molecular flexibility index (Phi) is 3.98. The van der Waals surface area contributed by atoms with Crippen LogP contribution in [0.4, 0.5) is 0 Å². The first-order chi connectivity index (χ1) is 3.31. The van der Waals surface area contributed by atoms with Crippen LogP contribution >= 0.6 is 0 Å². The minimum absolute atomic E-state index is 0.272. The van der Waals surface area contributed by atoms with E-state index in [-0.39, 0.29) is 6.54 Å². The van der Waals surface area contributed by atoms with Crippen molar-refractivity contribution in [2.75, 3.05) is 20.3 Å². The largest absolute Gasteiger partial charge is 0.389 e. The molecule has 0 aliphatic rings. The first-order valence-electron chi connectivity index (χ1n) is 2.18. The van der Waals surface area contributed by atoms with Gasteiger partial charge in [0, 0.05) is 13.7 Å². The van der Waals surface area contributed by atoms with Crippen LogP contribution in [0.5, 0.6) is 0 Å². The Morgan fingerprint density at radius 2 is 2.43 bits per heavy atom. The van der Waals surface area contributed by atoms with Crippen LogP contribution < -0.4 is 5.73 Å². The molecule has 44 valence electrons. The minimum atomic E-state index is -0.495. The third-order valence-corrected chi connectivity index (χ3v) is 0.631. The lowest BCUT2D eigenvalue weighted by molar-refractivity contribution is 0.0702. The predicted octanol–water partition coefficient (Wildman–Crippen LogP) is -1.05. The summed E-state index contributed by atoms with van der Waals surface area (Å²) < 4.78 is 4.56. The van der Waals surface area contributed by atoms with Gasteiger partial charge < -0.3 is 15.6 Å². The van der Waals surface area contributed by atoms with Gasteiger partial charge in [-0.25, -0.2) is 0 Å². The Bertz CT molecular complexity index is 40.7. The first kappa shape index (κ1) is 6.88. The number of rotatable bonds is 3. The lowest BCUT2D eigenvalue weighted by atomic mass is 10.4. The summed E-state index contributed by atoms with van der Waals surface area (Å²) in [5.74, 6) is 0. The van der Waals surface area contributed by atoms with Gasteiger partial charge >= 0.3 is 0 Å². The van der Waals surface area contributed by atoms with Crippen molar-refractivity contribution in [2.45, 2.75) is 6.10 Å². The molecule has 3 nitrogen and oxygen atoms in total. The maximum atomic E-state index is 8.61. The van der Waals surface area contributed by atoms with Crippen LogP contribution in [0.3, 0.4) is 0 Å². The predicted molar refractivity (Wildman–Crippen MR) is 26.9 cm³/mol. The zero-order valence-corrected chi connectivity index (χ0v) is 4.42. The SMILES string of the molecule is COC[C@@H](O)CN. The number of aliphatic hydroxyl groups is 1. The summed E-state index contributed by atoms with van der Waals surface area (Å²) in [4.78, 5) is 0. The van der Waals surface area contributed by atoms with E-state index in [9.17, 15) is 0 Å². The molecule has 0 aliphatic heterocycles. The van der Waals surface area contributed by atoms with Crippen molar-refractivity contribution in [3.63, 3.8) is 0 Å². The molecule has 0 saturated carbocycles. The number of hydrogen-bond acceptors (Lipinski definition) is 3. The Labute approximate surface area is 43.1 Å². The summed E-state index contributed by atoms with van der Waals surface area (Å²) in [5.41, 5.74) is 5.03. The average Bonchev–Trinajstić information content (AvgIpc) is 1.68. The highest BCUT2D eigenvalue weighted by atomic mass is 16.5. The van der Waals surface area contributed by atoms with Crippen LogP contribution in [0.1, 0.15) is 0 Å². The summed E-state index contributed by atoms with van der Waals surface area (Å²) in [6, 6.07) is 0. The number of hydrogen-bond donors (Lipinski definition) is 2. The van der Waals surface area contributed by atoms with Crippen LogP contribution in [0.15, 0.2) is 0 Å². The lowest BCUT2D eigenvalue weighted by Gasteiger charge is -2.02. The van der Waals surface area contributed by atoms with E-state index in [1.54, 1.807) is 0 Å². The molecule has 0 aromatic rings. The summed E-state index contributed by atoms with van der Waals surface area (Å²) >= 11 is 0. The second kappa shape index (κ2) is 4.05. The van der Waals surface area contributed by atoms with E-state index in [0.29, 0.717) is 6.61 Å². The van der Waals surface area contributed by atoms with Gasteiger partial charge in [-0.15, -0.1) is 0 Å². The molecule has 0 rings (SSSR count). The maximum Gasteiger partial charge on any atom is 0.0895 e. The highest BCUT2D eigenvalue weighted by Gasteiger charge is 1.95. The highest BCUT2D eigenvalue weighted by Crippen LogP contribution is 1.75. The molecule has 0 aromatic carbocycles. The Balaban J connectivity index is 2.83. The van der Waals surface area contributed by atoms with Gasteiger partial charge in [-0.3, -0.25) is 0 Å². The molecular weight excluding hydrogens is 94.0 g/mol. The van der Waals surface area contributed by atoms with Crippen LogP contribution in [0.2, 0.25) is 0 Å². The molecule has 3 N–H and O–H groups in total. The molecule has 0 spiro atoms. The minimum Gasteiger partial charge on any atom is -0.389 e. The molecular formula is C4H11NO2. The molecule has 7 heavy (non-hydrogen) atoms. The van der Waals surface area contributed by atoms with Gasteiger partial charge in [0.2, 0.25) is 0 Å². The van der Waals surface area contributed by atoms with E-state index in [2.05, 4.69) is 4.74 Å². The molecule has 0 aromatic heterocycles. The Hall–Kier alpha value is -0.120. The first-order valence-corrected chi connectivity index (χ1v) is 2.18.